The average molecular weight is 547 g/mol. The lowest BCUT2D eigenvalue weighted by Gasteiger charge is -2.28. The number of nitrogens with one attached hydrogen (secondary N) is 1. The lowest BCUT2D eigenvalue weighted by atomic mass is 9.96. The van der Waals surface area contributed by atoms with Crippen molar-refractivity contribution in [1.82, 2.24) is 14.9 Å². The van der Waals surface area contributed by atoms with Crippen LogP contribution in [-0.4, -0.2) is 28.8 Å². The maximum absolute atomic E-state index is 5.92. The van der Waals surface area contributed by atoms with Gasteiger partial charge in [0.15, 0.2) is 5.11 Å². The van der Waals surface area contributed by atoms with Gasteiger partial charge < -0.3 is 19.7 Å². The first kappa shape index (κ1) is 23.6. The van der Waals surface area contributed by atoms with Crippen molar-refractivity contribution in [3.05, 3.63) is 106 Å². The largest absolute Gasteiger partial charge is 0.378 e. The molecule has 35 heavy (non-hydrogen) atoms. The van der Waals surface area contributed by atoms with Gasteiger partial charge >= 0.3 is 0 Å². The predicted molar refractivity (Wildman–Crippen MR) is 152 cm³/mol. The number of hydrogen-bond acceptors (Lipinski definition) is 3. The summed E-state index contributed by atoms with van der Waals surface area (Å²) in [5.41, 5.74) is 7.90. The molecule has 2 atom stereocenters. The Hall–Kier alpha value is -3.16. The number of pyridine rings is 1. The van der Waals surface area contributed by atoms with Crippen LogP contribution >= 0.6 is 28.1 Å². The zero-order valence-electron chi connectivity index (χ0n) is 20.2. The van der Waals surface area contributed by atoms with Crippen LogP contribution in [0, 0.1) is 13.8 Å². The Bertz CT molecular complexity index is 1360. The summed E-state index contributed by atoms with van der Waals surface area (Å²) in [6.45, 7) is 4.34. The van der Waals surface area contributed by atoms with Crippen LogP contribution in [-0.2, 0) is 0 Å². The Morgan fingerprint density at radius 3 is 2.37 bits per heavy atom. The van der Waals surface area contributed by atoms with Gasteiger partial charge in [-0.1, -0.05) is 28.1 Å². The van der Waals surface area contributed by atoms with E-state index in [0.29, 0.717) is 5.11 Å². The molecule has 2 aromatic heterocycles. The molecule has 7 heteroatoms. The molecular weight excluding hydrogens is 518 g/mol. The Kier molecular flexibility index (Phi) is 6.38. The molecule has 0 saturated carbocycles. The molecule has 1 saturated heterocycles. The Morgan fingerprint density at radius 2 is 1.71 bits per heavy atom. The van der Waals surface area contributed by atoms with Gasteiger partial charge in [0.05, 0.1) is 17.8 Å². The van der Waals surface area contributed by atoms with E-state index in [2.05, 4.69) is 104 Å². The molecule has 0 amide bonds. The van der Waals surface area contributed by atoms with E-state index in [1.165, 1.54) is 17.0 Å². The summed E-state index contributed by atoms with van der Waals surface area (Å²) in [5.74, 6) is 0. The summed E-state index contributed by atoms with van der Waals surface area (Å²) >= 11 is 9.54. The standard InChI is InChI=1S/C28H28BrN5S/c1-18-16-24(19(2)33(18)23-9-7-8-20(29)17-23)27-26(25-10-5-6-15-30-25)31-28(35)34(27)22-13-11-21(12-14-22)32(3)4/h5-17,26-27H,1-4H3,(H,31,35)/t26-,27+/m0/s1. The maximum Gasteiger partial charge on any atom is 0.174 e. The lowest BCUT2D eigenvalue weighted by molar-refractivity contribution is 0.565. The van der Waals surface area contributed by atoms with Gasteiger partial charge in [0.1, 0.15) is 0 Å². The van der Waals surface area contributed by atoms with Gasteiger partial charge in [0, 0.05) is 53.2 Å². The first-order valence-electron chi connectivity index (χ1n) is 11.6. The first-order chi connectivity index (χ1) is 16.8. The minimum Gasteiger partial charge on any atom is -0.378 e. The molecule has 0 bridgehead atoms. The Morgan fingerprint density at radius 1 is 0.943 bits per heavy atom. The zero-order valence-corrected chi connectivity index (χ0v) is 22.6. The number of aryl methyl sites for hydroxylation is 1. The van der Waals surface area contributed by atoms with E-state index < -0.39 is 0 Å². The maximum atomic E-state index is 5.92. The molecule has 0 unspecified atom stereocenters. The molecule has 0 aliphatic carbocycles. The summed E-state index contributed by atoms with van der Waals surface area (Å²) in [6.07, 6.45) is 1.84. The number of nitrogens with zero attached hydrogens (tertiary/aromatic N) is 4. The number of rotatable bonds is 5. The van der Waals surface area contributed by atoms with Crippen LogP contribution in [0.5, 0.6) is 0 Å². The first-order valence-corrected chi connectivity index (χ1v) is 12.8. The van der Waals surface area contributed by atoms with E-state index in [-0.39, 0.29) is 12.1 Å². The second kappa shape index (κ2) is 9.47. The number of aromatic nitrogens is 2. The highest BCUT2D eigenvalue weighted by atomic mass is 79.9. The van der Waals surface area contributed by atoms with Crippen LogP contribution in [0.4, 0.5) is 11.4 Å². The molecule has 0 radical (unpaired) electrons. The second-order valence-corrected chi connectivity index (χ2v) is 10.4. The van der Waals surface area contributed by atoms with E-state index in [9.17, 15) is 0 Å². The van der Waals surface area contributed by atoms with E-state index in [1.807, 2.05) is 38.5 Å². The quantitative estimate of drug-likeness (QED) is 0.290. The normalized spacial score (nSPS) is 17.5. The number of benzene rings is 2. The Labute approximate surface area is 220 Å². The number of anilines is 2. The van der Waals surface area contributed by atoms with Crippen molar-refractivity contribution in [1.29, 1.82) is 0 Å². The minimum atomic E-state index is -0.0753. The van der Waals surface area contributed by atoms with Crippen LogP contribution in [0.15, 0.2) is 83.5 Å². The summed E-state index contributed by atoms with van der Waals surface area (Å²) in [5, 5.41) is 4.28. The second-order valence-electron chi connectivity index (χ2n) is 9.05. The fourth-order valence-electron chi connectivity index (χ4n) is 4.96. The molecule has 1 N–H and O–H groups in total. The van der Waals surface area contributed by atoms with Crippen molar-refractivity contribution in [3.8, 4) is 5.69 Å². The highest BCUT2D eigenvalue weighted by Crippen LogP contribution is 2.44. The van der Waals surface area contributed by atoms with Gasteiger partial charge in [-0.15, -0.1) is 0 Å². The molecule has 5 rings (SSSR count). The molecular formula is C28H28BrN5S. The van der Waals surface area contributed by atoms with Crippen molar-refractivity contribution in [2.75, 3.05) is 23.9 Å². The summed E-state index contributed by atoms with van der Waals surface area (Å²) in [4.78, 5) is 9.04. The molecule has 1 aliphatic heterocycles. The van der Waals surface area contributed by atoms with E-state index in [4.69, 9.17) is 17.2 Å². The van der Waals surface area contributed by atoms with Crippen molar-refractivity contribution in [2.24, 2.45) is 0 Å². The lowest BCUT2D eigenvalue weighted by Crippen LogP contribution is -2.29. The average Bonchev–Trinajstić information content (AvgIpc) is 3.34. The van der Waals surface area contributed by atoms with Crippen molar-refractivity contribution in [2.45, 2.75) is 25.9 Å². The van der Waals surface area contributed by atoms with Gasteiger partial charge in [0.2, 0.25) is 0 Å². The van der Waals surface area contributed by atoms with Crippen LogP contribution < -0.4 is 15.1 Å². The topological polar surface area (TPSA) is 36.3 Å². The molecule has 4 aromatic rings. The van der Waals surface area contributed by atoms with Crippen LogP contribution in [0.2, 0.25) is 0 Å². The summed E-state index contributed by atoms with van der Waals surface area (Å²) in [6, 6.07) is 25.2. The highest BCUT2D eigenvalue weighted by molar-refractivity contribution is 9.10. The number of hydrogen-bond donors (Lipinski definition) is 1. The molecule has 178 valence electrons. The molecule has 3 heterocycles. The Balaban J connectivity index is 1.66. The predicted octanol–water partition coefficient (Wildman–Crippen LogP) is 6.49. The van der Waals surface area contributed by atoms with Gasteiger partial charge in [0.25, 0.3) is 0 Å². The molecule has 5 nitrogen and oxygen atoms in total. The third kappa shape index (κ3) is 4.34. The zero-order chi connectivity index (χ0) is 24.7. The highest BCUT2D eigenvalue weighted by Gasteiger charge is 2.42. The SMILES string of the molecule is Cc1cc([C@@H]2[C@H](c3ccccn3)NC(=S)N2c2ccc(N(C)C)cc2)c(C)n1-c1cccc(Br)c1. The van der Waals surface area contributed by atoms with Gasteiger partial charge in [-0.05, 0) is 92.3 Å². The van der Waals surface area contributed by atoms with Crippen molar-refractivity contribution >= 4 is 44.6 Å². The minimum absolute atomic E-state index is 0.0466. The molecule has 1 fully saturated rings. The number of halogens is 1. The molecule has 1 aliphatic rings. The van der Waals surface area contributed by atoms with E-state index in [0.717, 1.165) is 27.2 Å². The van der Waals surface area contributed by atoms with Crippen molar-refractivity contribution < 1.29 is 0 Å². The van der Waals surface area contributed by atoms with E-state index in [1.54, 1.807) is 0 Å². The van der Waals surface area contributed by atoms with E-state index >= 15 is 0 Å². The monoisotopic (exact) mass is 545 g/mol. The number of thiocarbonyl (C=S) groups is 1. The molecule has 2 aromatic carbocycles. The third-order valence-corrected chi connectivity index (χ3v) is 7.41. The van der Waals surface area contributed by atoms with Gasteiger partial charge in [-0.25, -0.2) is 0 Å². The van der Waals surface area contributed by atoms with Crippen LogP contribution in [0.25, 0.3) is 5.69 Å². The summed E-state index contributed by atoms with van der Waals surface area (Å²) < 4.78 is 3.37. The smallest absolute Gasteiger partial charge is 0.174 e. The fourth-order valence-corrected chi connectivity index (χ4v) is 5.69. The van der Waals surface area contributed by atoms with Crippen LogP contribution in [0.1, 0.15) is 34.7 Å². The summed E-state index contributed by atoms with van der Waals surface area (Å²) in [7, 11) is 4.10. The van der Waals surface area contributed by atoms with Crippen LogP contribution in [0.3, 0.4) is 0 Å². The van der Waals surface area contributed by atoms with Crippen molar-refractivity contribution in [3.63, 3.8) is 0 Å². The fraction of sp³-hybridized carbons (Fsp3) is 0.214. The van der Waals surface area contributed by atoms with Gasteiger partial charge in [-0.3, -0.25) is 4.98 Å². The van der Waals surface area contributed by atoms with Gasteiger partial charge in [-0.2, -0.15) is 0 Å². The molecule has 0 spiro atoms. The third-order valence-electron chi connectivity index (χ3n) is 6.60.